The maximum atomic E-state index is 13.8. The fourth-order valence-corrected chi connectivity index (χ4v) is 4.33. The van der Waals surface area contributed by atoms with Gasteiger partial charge in [0.15, 0.2) is 24.0 Å². The van der Waals surface area contributed by atoms with Gasteiger partial charge in [0.25, 0.3) is 0 Å². The van der Waals surface area contributed by atoms with Crippen LogP contribution in [0.5, 0.6) is 5.75 Å². The zero-order valence-corrected chi connectivity index (χ0v) is 17.1. The van der Waals surface area contributed by atoms with Crippen molar-refractivity contribution in [2.75, 3.05) is 18.9 Å². The Hall–Kier alpha value is -1.59. The summed E-state index contributed by atoms with van der Waals surface area (Å²) in [6, 6.07) is 5.80. The maximum absolute atomic E-state index is 13.8. The van der Waals surface area contributed by atoms with E-state index in [-0.39, 0.29) is 32.1 Å². The van der Waals surface area contributed by atoms with Crippen LogP contribution >= 0.6 is 35.0 Å². The SMILES string of the molecule is O=C(O)COc1c(F)cc(SCCNS(=O)(=O)c2ccc(Cl)c(Cl)c2)cc1F. The molecule has 28 heavy (non-hydrogen) atoms. The van der Waals surface area contributed by atoms with Crippen molar-refractivity contribution in [3.05, 3.63) is 52.0 Å². The van der Waals surface area contributed by atoms with E-state index in [0.29, 0.717) is 0 Å². The first-order valence-corrected chi connectivity index (χ1v) is 10.7. The van der Waals surface area contributed by atoms with Gasteiger partial charge in [0.2, 0.25) is 10.0 Å². The van der Waals surface area contributed by atoms with Gasteiger partial charge in [-0.15, -0.1) is 11.8 Å². The largest absolute Gasteiger partial charge is 0.479 e. The van der Waals surface area contributed by atoms with E-state index in [2.05, 4.69) is 9.46 Å². The van der Waals surface area contributed by atoms with Gasteiger partial charge in [0.1, 0.15) is 0 Å². The molecule has 0 atom stereocenters. The van der Waals surface area contributed by atoms with Crippen molar-refractivity contribution in [1.29, 1.82) is 0 Å². The molecule has 0 aliphatic carbocycles. The van der Waals surface area contributed by atoms with Crippen molar-refractivity contribution in [2.24, 2.45) is 0 Å². The van der Waals surface area contributed by atoms with Gasteiger partial charge in [-0.05, 0) is 30.3 Å². The molecule has 0 bridgehead atoms. The molecule has 0 heterocycles. The van der Waals surface area contributed by atoms with Gasteiger partial charge in [-0.2, -0.15) is 0 Å². The van der Waals surface area contributed by atoms with E-state index in [0.717, 1.165) is 23.9 Å². The van der Waals surface area contributed by atoms with Crippen molar-refractivity contribution in [2.45, 2.75) is 9.79 Å². The standard InChI is InChI=1S/C16H13Cl2F2NO5S2/c17-11-2-1-10(7-12(11)18)28(24,25)21-3-4-27-9-5-13(19)16(14(20)6-9)26-8-15(22)23/h1-2,5-7,21H,3-4,8H2,(H,22,23). The average Bonchev–Trinajstić information content (AvgIpc) is 2.60. The molecule has 0 amide bonds. The van der Waals surface area contributed by atoms with E-state index in [1.54, 1.807) is 0 Å². The molecular weight excluding hydrogens is 459 g/mol. The molecule has 2 rings (SSSR count). The summed E-state index contributed by atoms with van der Waals surface area (Å²) in [5.74, 6) is -4.09. The summed E-state index contributed by atoms with van der Waals surface area (Å²) in [6.07, 6.45) is 0. The first-order chi connectivity index (χ1) is 13.1. The number of carboxylic acids is 1. The summed E-state index contributed by atoms with van der Waals surface area (Å²) in [5, 5.41) is 8.80. The zero-order chi connectivity index (χ0) is 20.9. The summed E-state index contributed by atoms with van der Waals surface area (Å²) < 4.78 is 58.9. The van der Waals surface area contributed by atoms with Gasteiger partial charge >= 0.3 is 5.97 Å². The van der Waals surface area contributed by atoms with E-state index in [1.807, 2.05) is 0 Å². The smallest absolute Gasteiger partial charge is 0.341 e. The number of hydrogen-bond donors (Lipinski definition) is 2. The first-order valence-electron chi connectivity index (χ1n) is 7.51. The topological polar surface area (TPSA) is 92.7 Å². The Labute approximate surface area is 173 Å². The van der Waals surface area contributed by atoms with Gasteiger partial charge in [0, 0.05) is 17.2 Å². The molecule has 0 aliphatic rings. The van der Waals surface area contributed by atoms with Crippen molar-refractivity contribution in [1.82, 2.24) is 4.72 Å². The Morgan fingerprint density at radius 2 is 1.79 bits per heavy atom. The Morgan fingerprint density at radius 3 is 2.36 bits per heavy atom. The van der Waals surface area contributed by atoms with Gasteiger partial charge in [0.05, 0.1) is 14.9 Å². The second-order valence-corrected chi connectivity index (χ2v) is 8.97. The van der Waals surface area contributed by atoms with Crippen LogP contribution in [0, 0.1) is 11.6 Å². The van der Waals surface area contributed by atoms with E-state index in [1.165, 1.54) is 18.2 Å². The van der Waals surface area contributed by atoms with Crippen LogP contribution in [0.2, 0.25) is 10.0 Å². The molecular formula is C16H13Cl2F2NO5S2. The van der Waals surface area contributed by atoms with E-state index >= 15 is 0 Å². The molecule has 2 N–H and O–H groups in total. The lowest BCUT2D eigenvalue weighted by atomic mass is 10.3. The number of carbonyl (C=O) groups is 1. The van der Waals surface area contributed by atoms with Gasteiger partial charge in [-0.1, -0.05) is 23.2 Å². The van der Waals surface area contributed by atoms with Crippen LogP contribution in [0.15, 0.2) is 40.1 Å². The highest BCUT2D eigenvalue weighted by molar-refractivity contribution is 7.99. The van der Waals surface area contributed by atoms with Crippen LogP contribution in [0.1, 0.15) is 0 Å². The highest BCUT2D eigenvalue weighted by Crippen LogP contribution is 2.28. The number of halogens is 4. The number of nitrogens with one attached hydrogen (secondary N) is 1. The normalized spacial score (nSPS) is 11.4. The summed E-state index contributed by atoms with van der Waals surface area (Å²) in [4.78, 5) is 10.5. The van der Waals surface area contributed by atoms with Crippen molar-refractivity contribution in [3.63, 3.8) is 0 Å². The number of sulfonamides is 1. The van der Waals surface area contributed by atoms with Crippen LogP contribution in [0.25, 0.3) is 0 Å². The van der Waals surface area contributed by atoms with Crippen LogP contribution in [0.3, 0.4) is 0 Å². The molecule has 0 aliphatic heterocycles. The molecule has 152 valence electrons. The molecule has 0 saturated heterocycles. The van der Waals surface area contributed by atoms with Gasteiger partial charge < -0.3 is 9.84 Å². The highest BCUT2D eigenvalue weighted by Gasteiger charge is 2.16. The second kappa shape index (κ2) is 9.75. The maximum Gasteiger partial charge on any atom is 0.341 e. The van der Waals surface area contributed by atoms with Crippen LogP contribution in [-0.2, 0) is 14.8 Å². The van der Waals surface area contributed by atoms with E-state index in [9.17, 15) is 22.0 Å². The minimum absolute atomic E-state index is 0.0201. The van der Waals surface area contributed by atoms with Crippen molar-refractivity contribution in [3.8, 4) is 5.75 Å². The molecule has 0 saturated carbocycles. The lowest BCUT2D eigenvalue weighted by Gasteiger charge is -2.09. The molecule has 0 radical (unpaired) electrons. The third-order valence-corrected chi connectivity index (χ3v) is 6.35. The predicted molar refractivity (Wildman–Crippen MR) is 102 cm³/mol. The van der Waals surface area contributed by atoms with Crippen molar-refractivity contribution < 1.29 is 31.8 Å². The summed E-state index contributed by atoms with van der Waals surface area (Å²) in [5.41, 5.74) is 0. The third-order valence-electron chi connectivity index (χ3n) is 3.18. The number of aliphatic carboxylic acids is 1. The number of carboxylic acid groups (broad SMARTS) is 1. The fraction of sp³-hybridized carbons (Fsp3) is 0.188. The Kier molecular flexibility index (Phi) is 7.90. The monoisotopic (exact) mass is 471 g/mol. The van der Waals surface area contributed by atoms with Crippen molar-refractivity contribution >= 4 is 51.0 Å². The Bertz CT molecular complexity index is 966. The fourth-order valence-electron chi connectivity index (χ4n) is 1.96. The van der Waals surface area contributed by atoms with Crippen LogP contribution < -0.4 is 9.46 Å². The molecule has 12 heteroatoms. The summed E-state index contributed by atoms with van der Waals surface area (Å²) in [7, 11) is -3.82. The predicted octanol–water partition coefficient (Wildman–Crippen LogP) is 3.81. The molecule has 6 nitrogen and oxygen atoms in total. The molecule has 2 aromatic carbocycles. The molecule has 0 spiro atoms. The van der Waals surface area contributed by atoms with Gasteiger partial charge in [-0.3, -0.25) is 0 Å². The number of rotatable bonds is 9. The van der Waals surface area contributed by atoms with E-state index in [4.69, 9.17) is 28.3 Å². The molecule has 0 aromatic heterocycles. The average molecular weight is 472 g/mol. The Morgan fingerprint density at radius 1 is 1.14 bits per heavy atom. The zero-order valence-electron chi connectivity index (χ0n) is 13.9. The lowest BCUT2D eigenvalue weighted by Crippen LogP contribution is -2.26. The summed E-state index contributed by atoms with van der Waals surface area (Å²) in [6.45, 7) is -0.898. The third kappa shape index (κ3) is 6.21. The first kappa shape index (κ1) is 22.7. The highest BCUT2D eigenvalue weighted by atomic mass is 35.5. The number of hydrogen-bond acceptors (Lipinski definition) is 5. The molecule has 2 aromatic rings. The minimum Gasteiger partial charge on any atom is -0.479 e. The summed E-state index contributed by atoms with van der Waals surface area (Å²) >= 11 is 12.5. The minimum atomic E-state index is -3.82. The number of thioether (sulfide) groups is 1. The number of ether oxygens (including phenoxy) is 1. The lowest BCUT2D eigenvalue weighted by molar-refractivity contribution is -0.139. The second-order valence-electron chi connectivity index (χ2n) is 5.22. The van der Waals surface area contributed by atoms with Crippen LogP contribution in [-0.4, -0.2) is 38.4 Å². The van der Waals surface area contributed by atoms with Crippen LogP contribution in [0.4, 0.5) is 8.78 Å². The number of benzene rings is 2. The van der Waals surface area contributed by atoms with E-state index < -0.39 is 40.0 Å². The molecule has 0 unspecified atom stereocenters. The Balaban J connectivity index is 1.94. The molecule has 0 fully saturated rings. The quantitative estimate of drug-likeness (QED) is 0.426. The van der Waals surface area contributed by atoms with Gasteiger partial charge in [-0.25, -0.2) is 26.7 Å².